The second-order valence-corrected chi connectivity index (χ2v) is 7.73. The highest BCUT2D eigenvalue weighted by Crippen LogP contribution is 2.22. The topological polar surface area (TPSA) is 46.2 Å². The number of benzene rings is 3. The van der Waals surface area contributed by atoms with Crippen LogP contribution in [-0.4, -0.2) is 17.4 Å². The van der Waals surface area contributed by atoms with Crippen LogP contribution >= 0.6 is 11.8 Å². The van der Waals surface area contributed by atoms with Crippen LogP contribution in [0.4, 0.5) is 5.69 Å². The van der Waals surface area contributed by atoms with Gasteiger partial charge in [0.05, 0.1) is 5.69 Å². The van der Waals surface area contributed by atoms with E-state index >= 15 is 0 Å². The number of amides is 1. The van der Waals surface area contributed by atoms with Gasteiger partial charge in [-0.2, -0.15) is 0 Å². The molecule has 0 aromatic heterocycles. The van der Waals surface area contributed by atoms with Crippen LogP contribution in [0.5, 0.6) is 0 Å². The zero-order valence-electron chi connectivity index (χ0n) is 15.9. The molecule has 3 aromatic rings. The van der Waals surface area contributed by atoms with Crippen LogP contribution in [0.25, 0.3) is 0 Å². The van der Waals surface area contributed by atoms with Crippen molar-refractivity contribution in [2.45, 2.75) is 24.7 Å². The van der Waals surface area contributed by atoms with Gasteiger partial charge in [0.2, 0.25) is 5.91 Å². The minimum atomic E-state index is -0.0840. The Kier molecular flexibility index (Phi) is 7.04. The van der Waals surface area contributed by atoms with E-state index in [9.17, 15) is 9.59 Å². The van der Waals surface area contributed by atoms with Crippen molar-refractivity contribution in [2.24, 2.45) is 0 Å². The van der Waals surface area contributed by atoms with Crippen LogP contribution in [0.1, 0.15) is 34.3 Å². The monoisotopic (exact) mass is 389 g/mol. The first-order valence-electron chi connectivity index (χ1n) is 9.31. The summed E-state index contributed by atoms with van der Waals surface area (Å²) in [7, 11) is 0. The number of hydrogen-bond acceptors (Lipinski definition) is 3. The molecule has 0 fully saturated rings. The normalized spacial score (nSPS) is 10.5. The standard InChI is InChI=1S/C24H23NO2S/c1-18-14-15-22(21(17-18)24(27)19-9-4-2-5-10-19)25-23(26)13-8-16-28-20-11-6-3-7-12-20/h2-7,9-12,14-15,17H,8,13,16H2,1H3,(H,25,26). The molecule has 3 rings (SSSR count). The molecule has 0 saturated heterocycles. The summed E-state index contributed by atoms with van der Waals surface area (Å²) in [6, 6.07) is 24.8. The van der Waals surface area contributed by atoms with E-state index in [2.05, 4.69) is 17.4 Å². The Balaban J connectivity index is 1.60. The maximum atomic E-state index is 12.9. The van der Waals surface area contributed by atoms with E-state index in [1.54, 1.807) is 23.9 Å². The molecule has 1 amide bonds. The second kappa shape index (κ2) is 9.90. The van der Waals surface area contributed by atoms with Crippen molar-refractivity contribution in [3.63, 3.8) is 0 Å². The lowest BCUT2D eigenvalue weighted by atomic mass is 9.99. The second-order valence-electron chi connectivity index (χ2n) is 6.56. The molecule has 0 heterocycles. The number of carbonyl (C=O) groups is 2. The zero-order valence-corrected chi connectivity index (χ0v) is 16.7. The Hall–Kier alpha value is -2.85. The molecule has 3 aromatic carbocycles. The van der Waals surface area contributed by atoms with Gasteiger partial charge in [-0.1, -0.05) is 60.2 Å². The van der Waals surface area contributed by atoms with Crippen molar-refractivity contribution in [1.82, 2.24) is 0 Å². The van der Waals surface area contributed by atoms with Crippen LogP contribution in [0.2, 0.25) is 0 Å². The van der Waals surface area contributed by atoms with Gasteiger partial charge < -0.3 is 5.32 Å². The van der Waals surface area contributed by atoms with Crippen molar-refractivity contribution in [3.8, 4) is 0 Å². The number of rotatable bonds is 8. The fraction of sp³-hybridized carbons (Fsp3) is 0.167. The highest BCUT2D eigenvalue weighted by atomic mass is 32.2. The molecule has 0 aliphatic carbocycles. The fourth-order valence-corrected chi connectivity index (χ4v) is 3.73. The van der Waals surface area contributed by atoms with Crippen molar-refractivity contribution in [1.29, 1.82) is 0 Å². The van der Waals surface area contributed by atoms with E-state index in [0.29, 0.717) is 23.2 Å². The SMILES string of the molecule is Cc1ccc(NC(=O)CCCSc2ccccc2)c(C(=O)c2ccccc2)c1. The van der Waals surface area contributed by atoms with Crippen molar-refractivity contribution in [3.05, 3.63) is 95.6 Å². The van der Waals surface area contributed by atoms with E-state index in [4.69, 9.17) is 0 Å². The van der Waals surface area contributed by atoms with Gasteiger partial charge in [0.1, 0.15) is 0 Å². The summed E-state index contributed by atoms with van der Waals surface area (Å²) < 4.78 is 0. The van der Waals surface area contributed by atoms with Crippen LogP contribution in [0.3, 0.4) is 0 Å². The molecule has 0 spiro atoms. The fourth-order valence-electron chi connectivity index (χ4n) is 2.85. The van der Waals surface area contributed by atoms with Crippen LogP contribution in [0, 0.1) is 6.92 Å². The number of nitrogens with one attached hydrogen (secondary N) is 1. The zero-order chi connectivity index (χ0) is 19.8. The highest BCUT2D eigenvalue weighted by molar-refractivity contribution is 7.99. The molecule has 4 heteroatoms. The lowest BCUT2D eigenvalue weighted by molar-refractivity contribution is -0.116. The molecule has 0 aliphatic heterocycles. The molecule has 28 heavy (non-hydrogen) atoms. The Morgan fingerprint density at radius 2 is 1.57 bits per heavy atom. The number of ketones is 1. The first kappa shape index (κ1) is 19.9. The molecule has 0 radical (unpaired) electrons. The maximum absolute atomic E-state index is 12.9. The predicted octanol–water partition coefficient (Wildman–Crippen LogP) is 5.74. The molecule has 0 bridgehead atoms. The minimum Gasteiger partial charge on any atom is -0.325 e. The average Bonchev–Trinajstić information content (AvgIpc) is 2.73. The molecule has 1 N–H and O–H groups in total. The van der Waals surface area contributed by atoms with Gasteiger partial charge in [0.15, 0.2) is 5.78 Å². The molecule has 0 aliphatic rings. The highest BCUT2D eigenvalue weighted by Gasteiger charge is 2.15. The molecular formula is C24H23NO2S. The average molecular weight is 390 g/mol. The number of thioether (sulfide) groups is 1. The smallest absolute Gasteiger partial charge is 0.224 e. The summed E-state index contributed by atoms with van der Waals surface area (Å²) in [5.41, 5.74) is 2.69. The van der Waals surface area contributed by atoms with E-state index in [1.165, 1.54) is 4.90 Å². The lowest BCUT2D eigenvalue weighted by Gasteiger charge is -2.12. The Labute approximate surface area is 170 Å². The number of aryl methyl sites for hydroxylation is 1. The summed E-state index contributed by atoms with van der Waals surface area (Å²) in [6.07, 6.45) is 1.20. The Morgan fingerprint density at radius 1 is 0.893 bits per heavy atom. The summed E-state index contributed by atoms with van der Waals surface area (Å²) in [5, 5.41) is 2.92. The molecule has 0 unspecified atom stereocenters. The molecule has 0 atom stereocenters. The third kappa shape index (κ3) is 5.57. The van der Waals surface area contributed by atoms with Gasteiger partial charge in [0, 0.05) is 22.4 Å². The van der Waals surface area contributed by atoms with E-state index in [0.717, 1.165) is 17.7 Å². The number of carbonyl (C=O) groups excluding carboxylic acids is 2. The van der Waals surface area contributed by atoms with Gasteiger partial charge in [-0.15, -0.1) is 11.8 Å². The van der Waals surface area contributed by atoms with Crippen LogP contribution < -0.4 is 5.32 Å². The van der Waals surface area contributed by atoms with Gasteiger partial charge >= 0.3 is 0 Å². The summed E-state index contributed by atoms with van der Waals surface area (Å²) in [5.74, 6) is 0.722. The van der Waals surface area contributed by atoms with Crippen molar-refractivity contribution < 1.29 is 9.59 Å². The van der Waals surface area contributed by atoms with Crippen LogP contribution in [0.15, 0.2) is 83.8 Å². The number of anilines is 1. The van der Waals surface area contributed by atoms with E-state index < -0.39 is 0 Å². The minimum absolute atomic E-state index is 0.0698. The quantitative estimate of drug-likeness (QED) is 0.304. The third-order valence-electron chi connectivity index (χ3n) is 4.29. The van der Waals surface area contributed by atoms with Crippen LogP contribution in [-0.2, 0) is 4.79 Å². The third-order valence-corrected chi connectivity index (χ3v) is 5.39. The van der Waals surface area contributed by atoms with E-state index in [-0.39, 0.29) is 11.7 Å². The molecular weight excluding hydrogens is 366 g/mol. The largest absolute Gasteiger partial charge is 0.325 e. The summed E-state index contributed by atoms with van der Waals surface area (Å²) in [4.78, 5) is 26.5. The Bertz CT molecular complexity index is 939. The predicted molar refractivity (Wildman–Crippen MR) is 116 cm³/mol. The van der Waals surface area contributed by atoms with E-state index in [1.807, 2.05) is 61.5 Å². The first-order chi connectivity index (χ1) is 13.6. The first-order valence-corrected chi connectivity index (χ1v) is 10.3. The maximum Gasteiger partial charge on any atom is 0.224 e. The van der Waals surface area contributed by atoms with Gasteiger partial charge in [-0.05, 0) is 43.4 Å². The molecule has 0 saturated carbocycles. The van der Waals surface area contributed by atoms with Crippen molar-refractivity contribution >= 4 is 29.1 Å². The van der Waals surface area contributed by atoms with Gasteiger partial charge in [0.25, 0.3) is 0 Å². The Morgan fingerprint density at radius 3 is 2.29 bits per heavy atom. The molecule has 142 valence electrons. The summed E-state index contributed by atoms with van der Waals surface area (Å²) >= 11 is 1.74. The lowest BCUT2D eigenvalue weighted by Crippen LogP contribution is -2.15. The van der Waals surface area contributed by atoms with Crippen molar-refractivity contribution in [2.75, 3.05) is 11.1 Å². The summed E-state index contributed by atoms with van der Waals surface area (Å²) in [6.45, 7) is 1.94. The molecule has 3 nitrogen and oxygen atoms in total. The number of hydrogen-bond donors (Lipinski definition) is 1. The van der Waals surface area contributed by atoms with Gasteiger partial charge in [-0.3, -0.25) is 9.59 Å². The van der Waals surface area contributed by atoms with Gasteiger partial charge in [-0.25, -0.2) is 0 Å².